The molecule has 0 bridgehead atoms. The molecule has 0 saturated heterocycles. The van der Waals surface area contributed by atoms with Crippen LogP contribution in [0.5, 0.6) is 0 Å². The fraction of sp³-hybridized carbons (Fsp3) is 0.583. The second kappa shape index (κ2) is 7.30. The molecule has 1 rings (SSSR count). The smallest absolute Gasteiger partial charge is 0.0963 e. The van der Waals surface area contributed by atoms with E-state index in [4.69, 9.17) is 0 Å². The minimum absolute atomic E-state index is 0.540. The fourth-order valence-corrected chi connectivity index (χ4v) is 2.94. The van der Waals surface area contributed by atoms with Crippen LogP contribution in [-0.4, -0.2) is 22.8 Å². The van der Waals surface area contributed by atoms with Gasteiger partial charge in [0.15, 0.2) is 0 Å². The number of halogens is 1. The van der Waals surface area contributed by atoms with Crippen molar-refractivity contribution in [2.75, 3.05) is 6.54 Å². The third-order valence-electron chi connectivity index (χ3n) is 2.48. The zero-order valence-electron chi connectivity index (χ0n) is 10.0. The molecule has 0 spiro atoms. The summed E-state index contributed by atoms with van der Waals surface area (Å²) in [6, 6.07) is 4.65. The summed E-state index contributed by atoms with van der Waals surface area (Å²) in [6.45, 7) is 7.65. The van der Waals surface area contributed by atoms with Gasteiger partial charge in [0, 0.05) is 22.0 Å². The number of rotatable bonds is 6. The van der Waals surface area contributed by atoms with Crippen LogP contribution in [0.4, 0.5) is 0 Å². The van der Waals surface area contributed by atoms with Gasteiger partial charge in [-0.1, -0.05) is 20.8 Å². The molecule has 16 heavy (non-hydrogen) atoms. The number of nitrogens with one attached hydrogen (secondary N) is 1. The highest BCUT2D eigenvalue weighted by Crippen LogP contribution is 2.25. The highest BCUT2D eigenvalue weighted by atomic mass is 79.9. The fourth-order valence-electron chi connectivity index (χ4n) is 1.61. The van der Waals surface area contributed by atoms with Crippen LogP contribution in [-0.2, 0) is 0 Å². The third-order valence-corrected chi connectivity index (χ3v) is 4.13. The molecule has 2 nitrogen and oxygen atoms in total. The molecule has 0 aliphatic heterocycles. The van der Waals surface area contributed by atoms with Crippen molar-refractivity contribution in [2.24, 2.45) is 0 Å². The van der Waals surface area contributed by atoms with E-state index in [1.54, 1.807) is 0 Å². The standard InChI is InChI=1S/C12H19BrN2S/c1-4-11(14-5-2)9(3)16-12-7-6-10(13)8-15-12/h6-9,11,14H,4-5H2,1-3H3. The zero-order chi connectivity index (χ0) is 12.0. The van der Waals surface area contributed by atoms with E-state index >= 15 is 0 Å². The zero-order valence-corrected chi connectivity index (χ0v) is 12.4. The molecule has 2 unspecified atom stereocenters. The summed E-state index contributed by atoms with van der Waals surface area (Å²) in [5.74, 6) is 0. The van der Waals surface area contributed by atoms with Gasteiger partial charge in [0.2, 0.25) is 0 Å². The van der Waals surface area contributed by atoms with E-state index in [0.29, 0.717) is 11.3 Å². The Kier molecular flexibility index (Phi) is 6.39. The Morgan fingerprint density at radius 2 is 2.19 bits per heavy atom. The average molecular weight is 303 g/mol. The highest BCUT2D eigenvalue weighted by molar-refractivity contribution is 9.10. The molecule has 90 valence electrons. The van der Waals surface area contributed by atoms with Crippen molar-refractivity contribution in [3.63, 3.8) is 0 Å². The molecular formula is C12H19BrN2S. The Morgan fingerprint density at radius 3 is 2.69 bits per heavy atom. The van der Waals surface area contributed by atoms with Crippen molar-refractivity contribution in [1.82, 2.24) is 10.3 Å². The maximum absolute atomic E-state index is 4.38. The van der Waals surface area contributed by atoms with Gasteiger partial charge in [0.05, 0.1) is 5.03 Å². The van der Waals surface area contributed by atoms with E-state index in [1.807, 2.05) is 24.0 Å². The van der Waals surface area contributed by atoms with Crippen LogP contribution in [0, 0.1) is 0 Å². The van der Waals surface area contributed by atoms with E-state index in [-0.39, 0.29) is 0 Å². The second-order valence-electron chi connectivity index (χ2n) is 3.71. The summed E-state index contributed by atoms with van der Waals surface area (Å²) in [4.78, 5) is 4.38. The Hall–Kier alpha value is -0.0600. The first-order valence-electron chi connectivity index (χ1n) is 5.69. The van der Waals surface area contributed by atoms with Crippen molar-refractivity contribution in [2.45, 2.75) is 43.5 Å². The number of aromatic nitrogens is 1. The van der Waals surface area contributed by atoms with Gasteiger partial charge in [0.25, 0.3) is 0 Å². The average Bonchev–Trinajstić information content (AvgIpc) is 2.29. The van der Waals surface area contributed by atoms with Crippen molar-refractivity contribution < 1.29 is 0 Å². The molecule has 1 aromatic heterocycles. The lowest BCUT2D eigenvalue weighted by molar-refractivity contribution is 0.509. The van der Waals surface area contributed by atoms with Gasteiger partial charge >= 0.3 is 0 Å². The van der Waals surface area contributed by atoms with Gasteiger partial charge in [-0.15, -0.1) is 11.8 Å². The first-order valence-corrected chi connectivity index (χ1v) is 7.36. The molecule has 0 radical (unpaired) electrons. The molecule has 0 amide bonds. The van der Waals surface area contributed by atoms with Gasteiger partial charge < -0.3 is 5.32 Å². The van der Waals surface area contributed by atoms with Gasteiger partial charge in [-0.3, -0.25) is 0 Å². The summed E-state index contributed by atoms with van der Waals surface area (Å²) in [6.07, 6.45) is 3.00. The summed E-state index contributed by atoms with van der Waals surface area (Å²) >= 11 is 5.23. The minimum Gasteiger partial charge on any atom is -0.313 e. The molecule has 1 heterocycles. The first kappa shape index (κ1) is 14.0. The molecule has 2 atom stereocenters. The Bertz CT molecular complexity index is 302. The number of hydrogen-bond acceptors (Lipinski definition) is 3. The van der Waals surface area contributed by atoms with E-state index in [0.717, 1.165) is 22.5 Å². The number of hydrogen-bond donors (Lipinski definition) is 1. The molecular weight excluding hydrogens is 284 g/mol. The Balaban J connectivity index is 2.55. The van der Waals surface area contributed by atoms with Crippen LogP contribution in [0.15, 0.2) is 27.8 Å². The van der Waals surface area contributed by atoms with E-state index in [1.165, 1.54) is 0 Å². The van der Waals surface area contributed by atoms with Crippen LogP contribution >= 0.6 is 27.7 Å². The molecule has 0 aliphatic carbocycles. The Labute approximate surface area is 111 Å². The van der Waals surface area contributed by atoms with Crippen LogP contribution in [0.25, 0.3) is 0 Å². The van der Waals surface area contributed by atoms with Gasteiger partial charge in [-0.05, 0) is 41.0 Å². The lowest BCUT2D eigenvalue weighted by Crippen LogP contribution is -2.35. The van der Waals surface area contributed by atoms with Crippen molar-refractivity contribution >= 4 is 27.7 Å². The van der Waals surface area contributed by atoms with Crippen molar-refractivity contribution in [3.8, 4) is 0 Å². The third kappa shape index (κ3) is 4.44. The minimum atomic E-state index is 0.540. The first-order chi connectivity index (χ1) is 7.67. The van der Waals surface area contributed by atoms with Gasteiger partial charge in [-0.25, -0.2) is 4.98 Å². The van der Waals surface area contributed by atoms with Gasteiger partial charge in [0.1, 0.15) is 0 Å². The number of nitrogens with zero attached hydrogens (tertiary/aromatic N) is 1. The summed E-state index contributed by atoms with van der Waals surface area (Å²) < 4.78 is 1.03. The molecule has 0 fully saturated rings. The van der Waals surface area contributed by atoms with E-state index < -0.39 is 0 Å². The summed E-state index contributed by atoms with van der Waals surface area (Å²) in [5, 5.41) is 5.14. The lowest BCUT2D eigenvalue weighted by Gasteiger charge is -2.22. The normalized spacial score (nSPS) is 14.8. The molecule has 1 aromatic rings. The molecule has 0 aliphatic rings. The van der Waals surface area contributed by atoms with Crippen molar-refractivity contribution in [1.29, 1.82) is 0 Å². The SMILES string of the molecule is CCNC(CC)C(C)Sc1ccc(Br)cn1. The predicted octanol–water partition coefficient (Wildman–Crippen LogP) is 3.71. The molecule has 1 N–H and O–H groups in total. The lowest BCUT2D eigenvalue weighted by atomic mass is 10.2. The quantitative estimate of drug-likeness (QED) is 0.811. The second-order valence-corrected chi connectivity index (χ2v) is 6.02. The predicted molar refractivity (Wildman–Crippen MR) is 75.0 cm³/mol. The monoisotopic (exact) mass is 302 g/mol. The summed E-state index contributed by atoms with van der Waals surface area (Å²) in [5.41, 5.74) is 0. The highest BCUT2D eigenvalue weighted by Gasteiger charge is 2.15. The van der Waals surface area contributed by atoms with Gasteiger partial charge in [-0.2, -0.15) is 0 Å². The van der Waals surface area contributed by atoms with Crippen LogP contribution < -0.4 is 5.32 Å². The van der Waals surface area contributed by atoms with E-state index in [9.17, 15) is 0 Å². The maximum atomic E-state index is 4.38. The molecule has 0 aromatic carbocycles. The number of thioether (sulfide) groups is 1. The van der Waals surface area contributed by atoms with Crippen LogP contribution in [0.1, 0.15) is 27.2 Å². The maximum Gasteiger partial charge on any atom is 0.0963 e. The van der Waals surface area contributed by atoms with Crippen molar-refractivity contribution in [3.05, 3.63) is 22.8 Å². The van der Waals surface area contributed by atoms with Crippen LogP contribution in [0.2, 0.25) is 0 Å². The largest absolute Gasteiger partial charge is 0.313 e. The van der Waals surface area contributed by atoms with E-state index in [2.05, 4.69) is 53.1 Å². The number of pyridine rings is 1. The topological polar surface area (TPSA) is 24.9 Å². The molecule has 4 heteroatoms. The molecule has 0 saturated carbocycles. The van der Waals surface area contributed by atoms with Crippen LogP contribution in [0.3, 0.4) is 0 Å². The Morgan fingerprint density at radius 1 is 1.44 bits per heavy atom. The summed E-state index contributed by atoms with van der Waals surface area (Å²) in [7, 11) is 0.